The van der Waals surface area contributed by atoms with Gasteiger partial charge in [0, 0.05) is 17.3 Å². The van der Waals surface area contributed by atoms with Gasteiger partial charge in [-0.15, -0.1) is 0 Å². The molecule has 5 heteroatoms. The predicted molar refractivity (Wildman–Crippen MR) is 136 cm³/mol. The number of rotatable bonds is 8. The molecule has 0 aliphatic heterocycles. The second kappa shape index (κ2) is 11.0. The molecule has 0 aliphatic rings. The minimum Gasteiger partial charge on any atom is -0.497 e. The summed E-state index contributed by atoms with van der Waals surface area (Å²) in [5, 5.41) is 5.80. The van der Waals surface area contributed by atoms with Gasteiger partial charge in [0.1, 0.15) is 5.75 Å². The van der Waals surface area contributed by atoms with Gasteiger partial charge in [0.15, 0.2) is 0 Å². The van der Waals surface area contributed by atoms with Crippen LogP contribution in [0.15, 0.2) is 103 Å². The molecule has 0 saturated carbocycles. The Morgan fingerprint density at radius 2 is 1.35 bits per heavy atom. The van der Waals surface area contributed by atoms with Crippen LogP contribution in [0.25, 0.3) is 0 Å². The minimum absolute atomic E-state index is 0.245. The summed E-state index contributed by atoms with van der Waals surface area (Å²) in [6, 6.07) is 31.9. The number of nitrogens with one attached hydrogen (secondary N) is 2. The maximum Gasteiger partial charge on any atom is 0.257 e. The van der Waals surface area contributed by atoms with E-state index in [1.807, 2.05) is 42.5 Å². The van der Waals surface area contributed by atoms with Crippen molar-refractivity contribution in [2.45, 2.75) is 12.8 Å². The van der Waals surface area contributed by atoms with Crippen LogP contribution in [0.5, 0.6) is 5.75 Å². The van der Waals surface area contributed by atoms with E-state index in [2.05, 4.69) is 22.8 Å². The van der Waals surface area contributed by atoms with Crippen molar-refractivity contribution in [3.8, 4) is 5.75 Å². The van der Waals surface area contributed by atoms with E-state index in [0.717, 1.165) is 18.4 Å². The Morgan fingerprint density at radius 3 is 2.15 bits per heavy atom. The summed E-state index contributed by atoms with van der Waals surface area (Å²) in [5.41, 5.74) is 4.21. The van der Waals surface area contributed by atoms with Crippen LogP contribution in [-0.4, -0.2) is 18.9 Å². The zero-order valence-electron chi connectivity index (χ0n) is 19.0. The third-order valence-electron chi connectivity index (χ3n) is 5.54. The quantitative estimate of drug-likeness (QED) is 0.347. The Bertz CT molecular complexity index is 1290. The summed E-state index contributed by atoms with van der Waals surface area (Å²) in [4.78, 5) is 26.2. The van der Waals surface area contributed by atoms with Crippen molar-refractivity contribution >= 4 is 23.2 Å². The van der Waals surface area contributed by atoms with Gasteiger partial charge in [0.2, 0.25) is 0 Å². The largest absolute Gasteiger partial charge is 0.497 e. The topological polar surface area (TPSA) is 67.4 Å². The van der Waals surface area contributed by atoms with Crippen molar-refractivity contribution in [1.82, 2.24) is 0 Å². The fourth-order valence-electron chi connectivity index (χ4n) is 3.76. The number of aryl methyl sites for hydroxylation is 2. The molecule has 0 bridgehead atoms. The first-order chi connectivity index (χ1) is 16.6. The number of hydrogen-bond donors (Lipinski definition) is 2. The molecule has 0 fully saturated rings. The van der Waals surface area contributed by atoms with E-state index in [-0.39, 0.29) is 11.8 Å². The molecule has 0 saturated heterocycles. The van der Waals surface area contributed by atoms with E-state index in [1.54, 1.807) is 55.6 Å². The zero-order chi connectivity index (χ0) is 23.8. The number of carbonyl (C=O) groups excluding carboxylic acids is 2. The van der Waals surface area contributed by atoms with Crippen LogP contribution < -0.4 is 15.4 Å². The molecule has 4 rings (SSSR count). The highest BCUT2D eigenvalue weighted by atomic mass is 16.5. The summed E-state index contributed by atoms with van der Waals surface area (Å²) < 4.78 is 5.22. The highest BCUT2D eigenvalue weighted by molar-refractivity contribution is 6.12. The Morgan fingerprint density at radius 1 is 0.676 bits per heavy atom. The molecule has 0 radical (unpaired) electrons. The molecule has 2 N–H and O–H groups in total. The monoisotopic (exact) mass is 450 g/mol. The summed E-state index contributed by atoms with van der Waals surface area (Å²) in [6.07, 6.45) is 1.58. The molecular weight excluding hydrogens is 424 g/mol. The van der Waals surface area contributed by atoms with Crippen LogP contribution >= 0.6 is 0 Å². The lowest BCUT2D eigenvalue weighted by atomic mass is 9.99. The highest BCUT2D eigenvalue weighted by Gasteiger charge is 2.16. The first-order valence-corrected chi connectivity index (χ1v) is 11.1. The predicted octanol–water partition coefficient (Wildman–Crippen LogP) is 5.99. The lowest BCUT2D eigenvalue weighted by Gasteiger charge is -2.14. The fraction of sp³-hybridized carbons (Fsp3) is 0.103. The lowest BCUT2D eigenvalue weighted by Crippen LogP contribution is -2.19. The number of ether oxygens (including phenoxy) is 1. The molecule has 170 valence electrons. The average Bonchev–Trinajstić information content (AvgIpc) is 2.88. The Kier molecular flexibility index (Phi) is 7.35. The standard InChI is InChI=1S/C29H26N2O3/c1-34-24-14-9-13-23(20-24)30-29(33)26-16-7-8-17-27(26)31-28(32)25-15-6-5-12-22(25)19-18-21-10-3-2-4-11-21/h2-17,20H,18-19H2,1H3,(H,30,33)(H,31,32). The molecule has 0 atom stereocenters. The van der Waals surface area contributed by atoms with Gasteiger partial charge in [-0.2, -0.15) is 0 Å². The Hall–Kier alpha value is -4.38. The number of methoxy groups -OCH3 is 1. The molecule has 2 amide bonds. The molecule has 0 heterocycles. The van der Waals surface area contributed by atoms with Gasteiger partial charge in [0.05, 0.1) is 18.4 Å². The van der Waals surface area contributed by atoms with Gasteiger partial charge < -0.3 is 15.4 Å². The van der Waals surface area contributed by atoms with Crippen LogP contribution in [-0.2, 0) is 12.8 Å². The number of amides is 2. The van der Waals surface area contributed by atoms with E-state index in [0.29, 0.717) is 28.3 Å². The van der Waals surface area contributed by atoms with Crippen LogP contribution in [0.3, 0.4) is 0 Å². The van der Waals surface area contributed by atoms with Gasteiger partial charge >= 0.3 is 0 Å². The maximum atomic E-state index is 13.2. The number of para-hydroxylation sites is 1. The molecule has 5 nitrogen and oxygen atoms in total. The van der Waals surface area contributed by atoms with Gasteiger partial charge in [-0.3, -0.25) is 9.59 Å². The molecule has 0 aromatic heterocycles. The van der Waals surface area contributed by atoms with Gasteiger partial charge in [-0.05, 0) is 54.3 Å². The summed E-state index contributed by atoms with van der Waals surface area (Å²) in [5.74, 6) is 0.0818. The molecule has 0 spiro atoms. The van der Waals surface area contributed by atoms with Crippen molar-refractivity contribution in [1.29, 1.82) is 0 Å². The molecule has 0 unspecified atom stereocenters. The van der Waals surface area contributed by atoms with Crippen LogP contribution in [0, 0.1) is 0 Å². The average molecular weight is 451 g/mol. The van der Waals surface area contributed by atoms with Crippen molar-refractivity contribution in [3.63, 3.8) is 0 Å². The maximum absolute atomic E-state index is 13.2. The minimum atomic E-state index is -0.318. The molecule has 0 aliphatic carbocycles. The van der Waals surface area contributed by atoms with Crippen LogP contribution in [0.2, 0.25) is 0 Å². The lowest BCUT2D eigenvalue weighted by molar-refractivity contribution is 0.102. The summed E-state index contributed by atoms with van der Waals surface area (Å²) in [6.45, 7) is 0. The molecular formula is C29H26N2O3. The second-order valence-electron chi connectivity index (χ2n) is 7.83. The summed E-state index contributed by atoms with van der Waals surface area (Å²) in [7, 11) is 1.57. The molecule has 34 heavy (non-hydrogen) atoms. The number of hydrogen-bond acceptors (Lipinski definition) is 3. The van der Waals surface area contributed by atoms with Gasteiger partial charge in [0.25, 0.3) is 11.8 Å². The van der Waals surface area contributed by atoms with E-state index in [9.17, 15) is 9.59 Å². The van der Waals surface area contributed by atoms with Crippen molar-refractivity contribution in [2.24, 2.45) is 0 Å². The fourth-order valence-corrected chi connectivity index (χ4v) is 3.76. The third-order valence-corrected chi connectivity index (χ3v) is 5.54. The van der Waals surface area contributed by atoms with E-state index >= 15 is 0 Å². The van der Waals surface area contributed by atoms with E-state index in [1.165, 1.54) is 5.56 Å². The normalized spacial score (nSPS) is 10.4. The van der Waals surface area contributed by atoms with E-state index < -0.39 is 0 Å². The zero-order valence-corrected chi connectivity index (χ0v) is 19.0. The Balaban J connectivity index is 1.50. The SMILES string of the molecule is COc1cccc(NC(=O)c2ccccc2NC(=O)c2ccccc2CCc2ccccc2)c1. The van der Waals surface area contributed by atoms with Crippen molar-refractivity contribution in [3.05, 3.63) is 125 Å². The number of anilines is 2. The van der Waals surface area contributed by atoms with Crippen molar-refractivity contribution < 1.29 is 14.3 Å². The van der Waals surface area contributed by atoms with Crippen LogP contribution in [0.4, 0.5) is 11.4 Å². The van der Waals surface area contributed by atoms with E-state index in [4.69, 9.17) is 4.74 Å². The number of carbonyl (C=O) groups is 2. The van der Waals surface area contributed by atoms with Gasteiger partial charge in [-0.25, -0.2) is 0 Å². The first kappa shape index (κ1) is 22.8. The molecule has 4 aromatic carbocycles. The number of benzene rings is 4. The highest BCUT2D eigenvalue weighted by Crippen LogP contribution is 2.22. The second-order valence-corrected chi connectivity index (χ2v) is 7.83. The molecule has 4 aromatic rings. The smallest absolute Gasteiger partial charge is 0.257 e. The Labute approximate surface area is 199 Å². The summed E-state index contributed by atoms with van der Waals surface area (Å²) >= 11 is 0. The van der Waals surface area contributed by atoms with Crippen LogP contribution in [0.1, 0.15) is 31.8 Å². The van der Waals surface area contributed by atoms with Crippen molar-refractivity contribution in [2.75, 3.05) is 17.7 Å². The first-order valence-electron chi connectivity index (χ1n) is 11.1. The van der Waals surface area contributed by atoms with Gasteiger partial charge in [-0.1, -0.05) is 66.7 Å². The third kappa shape index (κ3) is 5.70.